The quantitative estimate of drug-likeness (QED) is 0.629. The van der Waals surface area contributed by atoms with Gasteiger partial charge in [0.15, 0.2) is 11.3 Å². The zero-order valence-electron chi connectivity index (χ0n) is 12.5. The molecule has 4 rings (SSSR count). The van der Waals surface area contributed by atoms with Crippen LogP contribution in [0.5, 0.6) is 0 Å². The number of rotatable bonds is 0. The second-order valence-electron chi connectivity index (χ2n) is 5.75. The zero-order chi connectivity index (χ0) is 16.0. The molecule has 1 aliphatic rings. The number of benzene rings is 3. The van der Waals surface area contributed by atoms with Gasteiger partial charge in [0, 0.05) is 10.8 Å². The average Bonchev–Trinajstić information content (AvgIpc) is 2.61. The van der Waals surface area contributed by atoms with Crippen molar-refractivity contribution >= 4 is 38.6 Å². The number of hydrogen-bond acceptors (Lipinski definition) is 4. The van der Waals surface area contributed by atoms with Gasteiger partial charge in [-0.15, -0.1) is 0 Å². The molecule has 1 unspecified atom stereocenters. The Morgan fingerprint density at radius 3 is 2.09 bits per heavy atom. The summed E-state index contributed by atoms with van der Waals surface area (Å²) < 4.78 is 0. The minimum absolute atomic E-state index is 0.188. The first-order valence-electron chi connectivity index (χ1n) is 7.30. The summed E-state index contributed by atoms with van der Waals surface area (Å²) in [6.07, 6.45) is 0. The van der Waals surface area contributed by atoms with Crippen LogP contribution in [0.25, 0.3) is 21.5 Å². The largest absolute Gasteiger partial charge is 0.360 e. The van der Waals surface area contributed by atoms with Crippen LogP contribution in [-0.4, -0.2) is 11.3 Å². The molecule has 4 nitrogen and oxygen atoms in total. The molecule has 23 heavy (non-hydrogen) atoms. The summed E-state index contributed by atoms with van der Waals surface area (Å²) in [5.41, 5.74) is 0.603. The van der Waals surface area contributed by atoms with E-state index in [2.05, 4.69) is 34.6 Å². The van der Waals surface area contributed by atoms with Gasteiger partial charge in [-0.1, -0.05) is 48.5 Å². The molecule has 1 N–H and O–H groups in total. The van der Waals surface area contributed by atoms with Gasteiger partial charge in [-0.3, -0.25) is 0 Å². The highest BCUT2D eigenvalue weighted by Gasteiger charge is 2.36. The summed E-state index contributed by atoms with van der Waals surface area (Å²) in [7, 11) is 0. The molecule has 0 fully saturated rings. The maximum absolute atomic E-state index is 9.52. The van der Waals surface area contributed by atoms with E-state index in [9.17, 15) is 10.5 Å². The van der Waals surface area contributed by atoms with Crippen molar-refractivity contribution in [2.45, 2.75) is 12.5 Å². The van der Waals surface area contributed by atoms with Crippen LogP contribution in [-0.2, 0) is 0 Å². The lowest BCUT2D eigenvalue weighted by Gasteiger charge is -2.29. The van der Waals surface area contributed by atoms with E-state index < -0.39 is 5.54 Å². The molecular formula is C19H12N4. The molecule has 0 amide bonds. The Kier molecular flexibility index (Phi) is 2.64. The normalized spacial score (nSPS) is 19.3. The fourth-order valence-corrected chi connectivity index (χ4v) is 3.12. The summed E-state index contributed by atoms with van der Waals surface area (Å²) in [4.78, 5) is 4.54. The molecule has 1 heterocycles. The molecule has 0 spiro atoms. The summed E-state index contributed by atoms with van der Waals surface area (Å²) in [5.74, 6) is 0. The highest BCUT2D eigenvalue weighted by atomic mass is 15.1. The van der Waals surface area contributed by atoms with E-state index in [0.29, 0.717) is 0 Å². The van der Waals surface area contributed by atoms with Crippen molar-refractivity contribution < 1.29 is 0 Å². The minimum atomic E-state index is -1.12. The summed E-state index contributed by atoms with van der Waals surface area (Å²) in [6.45, 7) is 1.68. The minimum Gasteiger partial charge on any atom is -0.360 e. The van der Waals surface area contributed by atoms with E-state index in [1.54, 1.807) is 6.92 Å². The molecule has 108 valence electrons. The molecule has 4 heteroatoms. The van der Waals surface area contributed by atoms with Crippen LogP contribution >= 0.6 is 0 Å². The Labute approximate surface area is 133 Å². The van der Waals surface area contributed by atoms with Crippen molar-refractivity contribution in [1.29, 1.82) is 10.5 Å². The van der Waals surface area contributed by atoms with E-state index in [4.69, 9.17) is 0 Å². The van der Waals surface area contributed by atoms with Crippen LogP contribution in [0, 0.1) is 22.7 Å². The Morgan fingerprint density at radius 2 is 1.48 bits per heavy atom. The van der Waals surface area contributed by atoms with Crippen LogP contribution in [0.1, 0.15) is 6.92 Å². The molecular weight excluding hydrogens is 284 g/mol. The third-order valence-corrected chi connectivity index (χ3v) is 4.31. The van der Waals surface area contributed by atoms with Crippen molar-refractivity contribution in [2.75, 3.05) is 5.32 Å². The predicted octanol–water partition coefficient (Wildman–Crippen LogP) is 4.30. The second-order valence-corrected chi connectivity index (χ2v) is 5.75. The van der Waals surface area contributed by atoms with Gasteiger partial charge in [-0.2, -0.15) is 10.5 Å². The number of hydrogen-bond donors (Lipinski definition) is 1. The number of aliphatic imine (C=N–C) groups is 1. The van der Waals surface area contributed by atoms with Gasteiger partial charge in [0.05, 0.1) is 17.4 Å². The average molecular weight is 296 g/mol. The number of fused-ring (bicyclic) bond motifs is 6. The van der Waals surface area contributed by atoms with Crippen molar-refractivity contribution in [3.05, 3.63) is 48.5 Å². The standard InChI is InChI=1S/C19H12N4/c1-19(11-21)16(10-20)22-17-14-8-4-2-6-12(14)13-7-3-5-9-15(13)18(17)23-19/h2-9,23H,1H3. The first kappa shape index (κ1) is 13.3. The Bertz CT molecular complexity index is 1080. The molecule has 1 atom stereocenters. The maximum atomic E-state index is 9.52. The van der Waals surface area contributed by atoms with E-state index in [1.165, 1.54) is 0 Å². The third kappa shape index (κ3) is 1.73. The van der Waals surface area contributed by atoms with Gasteiger partial charge in [-0.25, -0.2) is 4.99 Å². The SMILES string of the molecule is CC1(C#N)Nc2c(c3ccccc3c3ccccc23)N=C1C#N. The summed E-state index contributed by atoms with van der Waals surface area (Å²) >= 11 is 0. The highest BCUT2D eigenvalue weighted by Crippen LogP contribution is 2.45. The highest BCUT2D eigenvalue weighted by molar-refractivity contribution is 6.24. The predicted molar refractivity (Wildman–Crippen MR) is 91.8 cm³/mol. The van der Waals surface area contributed by atoms with Crippen molar-refractivity contribution in [1.82, 2.24) is 0 Å². The fourth-order valence-electron chi connectivity index (χ4n) is 3.12. The number of anilines is 1. The molecule has 0 bridgehead atoms. The first-order chi connectivity index (χ1) is 11.2. The van der Waals surface area contributed by atoms with E-state index in [-0.39, 0.29) is 5.71 Å². The van der Waals surface area contributed by atoms with Crippen LogP contribution in [0.2, 0.25) is 0 Å². The number of nitrogens with zero attached hydrogens (tertiary/aromatic N) is 3. The van der Waals surface area contributed by atoms with Crippen LogP contribution < -0.4 is 5.32 Å². The van der Waals surface area contributed by atoms with Gasteiger partial charge in [0.1, 0.15) is 6.07 Å². The molecule has 1 aliphatic heterocycles. The Balaban J connectivity index is 2.23. The van der Waals surface area contributed by atoms with Gasteiger partial charge < -0.3 is 5.32 Å². The lowest BCUT2D eigenvalue weighted by molar-refractivity contribution is 0.861. The Hall–Kier alpha value is -3.37. The van der Waals surface area contributed by atoms with Gasteiger partial charge in [0.25, 0.3) is 0 Å². The fraction of sp³-hybridized carbons (Fsp3) is 0.105. The summed E-state index contributed by atoms with van der Waals surface area (Å²) in [5, 5.41) is 26.3. The molecule has 0 aromatic heterocycles. The van der Waals surface area contributed by atoms with Crippen LogP contribution in [0.3, 0.4) is 0 Å². The van der Waals surface area contributed by atoms with Crippen molar-refractivity contribution in [3.63, 3.8) is 0 Å². The van der Waals surface area contributed by atoms with Crippen molar-refractivity contribution in [2.24, 2.45) is 4.99 Å². The van der Waals surface area contributed by atoms with E-state index in [1.807, 2.05) is 36.4 Å². The van der Waals surface area contributed by atoms with E-state index in [0.717, 1.165) is 32.9 Å². The molecule has 3 aromatic carbocycles. The lowest BCUT2D eigenvalue weighted by atomic mass is 9.91. The van der Waals surface area contributed by atoms with Crippen LogP contribution in [0.15, 0.2) is 53.5 Å². The Morgan fingerprint density at radius 1 is 0.913 bits per heavy atom. The summed E-state index contributed by atoms with van der Waals surface area (Å²) in [6, 6.07) is 20.3. The van der Waals surface area contributed by atoms with Crippen molar-refractivity contribution in [3.8, 4) is 12.1 Å². The maximum Gasteiger partial charge on any atom is 0.175 e. The second kappa shape index (κ2) is 4.56. The third-order valence-electron chi connectivity index (χ3n) is 4.31. The lowest BCUT2D eigenvalue weighted by Crippen LogP contribution is -2.43. The first-order valence-corrected chi connectivity index (χ1v) is 7.30. The van der Waals surface area contributed by atoms with Gasteiger partial charge in [-0.05, 0) is 17.7 Å². The molecule has 0 aliphatic carbocycles. The number of nitriles is 2. The van der Waals surface area contributed by atoms with E-state index >= 15 is 0 Å². The molecule has 0 radical (unpaired) electrons. The molecule has 0 saturated heterocycles. The number of nitrogens with one attached hydrogen (secondary N) is 1. The van der Waals surface area contributed by atoms with Gasteiger partial charge >= 0.3 is 0 Å². The molecule has 3 aromatic rings. The zero-order valence-corrected chi connectivity index (χ0v) is 12.5. The van der Waals surface area contributed by atoms with Crippen LogP contribution in [0.4, 0.5) is 11.4 Å². The topological polar surface area (TPSA) is 72.0 Å². The molecule has 0 saturated carbocycles. The monoisotopic (exact) mass is 296 g/mol. The van der Waals surface area contributed by atoms with Gasteiger partial charge in [0.2, 0.25) is 0 Å². The smallest absolute Gasteiger partial charge is 0.175 e.